The molecule has 2 aromatic carbocycles. The minimum absolute atomic E-state index is 0.00753. The molecule has 6 nitrogen and oxygen atoms in total. The predicted octanol–water partition coefficient (Wildman–Crippen LogP) is 4.15. The number of rotatable bonds is 6. The average molecular weight is 422 g/mol. The van der Waals surface area contributed by atoms with Gasteiger partial charge in [-0.1, -0.05) is 24.6 Å². The largest absolute Gasteiger partial charge is 0.465 e. The van der Waals surface area contributed by atoms with E-state index in [9.17, 15) is 18.4 Å². The van der Waals surface area contributed by atoms with Crippen molar-refractivity contribution in [2.75, 3.05) is 6.54 Å². The lowest BCUT2D eigenvalue weighted by Gasteiger charge is -2.16. The first-order valence-electron chi connectivity index (χ1n) is 8.89. The lowest BCUT2D eigenvalue weighted by atomic mass is 10.0. The van der Waals surface area contributed by atoms with Gasteiger partial charge in [-0.25, -0.2) is 18.6 Å². The summed E-state index contributed by atoms with van der Waals surface area (Å²) in [6.45, 7) is 2.08. The molecular formula is C20H18ClF2N3O3. The Labute approximate surface area is 169 Å². The summed E-state index contributed by atoms with van der Waals surface area (Å²) in [6.07, 6.45) is -0.336. The summed E-state index contributed by atoms with van der Waals surface area (Å²) in [6, 6.07) is 7.66. The van der Waals surface area contributed by atoms with E-state index in [2.05, 4.69) is 10.3 Å². The standard InChI is InChI=1S/C20H18ClF2N3O3/c1-11(10-24-20(28)29)5-6-17-25-16-4-2-3-15(21)18(16)19(27)26(17)14-8-12(22)7-13(23)9-14/h2-4,7-9,11,24H,5-6,10H2,1H3,(H,28,29). The van der Waals surface area contributed by atoms with Crippen LogP contribution in [0.25, 0.3) is 16.6 Å². The number of carbonyl (C=O) groups is 1. The molecule has 0 bridgehead atoms. The SMILES string of the molecule is CC(CCc1nc2cccc(Cl)c2c(=O)n1-c1cc(F)cc(F)c1)CNC(=O)O. The van der Waals surface area contributed by atoms with Crippen LogP contribution in [-0.2, 0) is 6.42 Å². The van der Waals surface area contributed by atoms with Gasteiger partial charge < -0.3 is 10.4 Å². The lowest BCUT2D eigenvalue weighted by molar-refractivity contribution is 0.192. The molecule has 0 spiro atoms. The highest BCUT2D eigenvalue weighted by molar-refractivity contribution is 6.35. The summed E-state index contributed by atoms with van der Waals surface area (Å²) in [4.78, 5) is 28.3. The molecule has 1 atom stereocenters. The van der Waals surface area contributed by atoms with Crippen LogP contribution in [0.4, 0.5) is 13.6 Å². The van der Waals surface area contributed by atoms with Crippen LogP contribution >= 0.6 is 11.6 Å². The van der Waals surface area contributed by atoms with Gasteiger partial charge in [0.05, 0.1) is 21.6 Å². The second-order valence-corrected chi connectivity index (χ2v) is 7.17. The number of halogens is 3. The molecule has 0 fully saturated rings. The Morgan fingerprint density at radius 3 is 2.62 bits per heavy atom. The van der Waals surface area contributed by atoms with Crippen LogP contribution in [0, 0.1) is 17.6 Å². The summed E-state index contributed by atoms with van der Waals surface area (Å²) >= 11 is 6.17. The number of hydrogen-bond donors (Lipinski definition) is 2. The molecule has 152 valence electrons. The molecular weight excluding hydrogens is 404 g/mol. The number of benzene rings is 2. The Kier molecular flexibility index (Phi) is 6.12. The van der Waals surface area contributed by atoms with Crippen LogP contribution < -0.4 is 10.9 Å². The van der Waals surface area contributed by atoms with E-state index in [0.717, 1.165) is 22.8 Å². The fourth-order valence-electron chi connectivity index (χ4n) is 3.08. The number of amides is 1. The molecule has 0 aliphatic heterocycles. The number of aromatic nitrogens is 2. The Morgan fingerprint density at radius 1 is 1.28 bits per heavy atom. The summed E-state index contributed by atoms with van der Waals surface area (Å²) in [5.74, 6) is -1.39. The summed E-state index contributed by atoms with van der Waals surface area (Å²) in [7, 11) is 0. The van der Waals surface area contributed by atoms with E-state index < -0.39 is 23.3 Å². The molecule has 0 aliphatic carbocycles. The van der Waals surface area contributed by atoms with Crippen LogP contribution in [0.3, 0.4) is 0 Å². The van der Waals surface area contributed by atoms with Crippen LogP contribution in [0.15, 0.2) is 41.2 Å². The topological polar surface area (TPSA) is 84.2 Å². The van der Waals surface area contributed by atoms with Crippen molar-refractivity contribution >= 4 is 28.6 Å². The molecule has 3 aromatic rings. The zero-order chi connectivity index (χ0) is 21.1. The lowest BCUT2D eigenvalue weighted by Crippen LogP contribution is -2.28. The minimum Gasteiger partial charge on any atom is -0.465 e. The molecule has 0 radical (unpaired) electrons. The fraction of sp³-hybridized carbons (Fsp3) is 0.250. The number of fused-ring (bicyclic) bond motifs is 1. The maximum Gasteiger partial charge on any atom is 0.404 e. The van der Waals surface area contributed by atoms with Gasteiger partial charge in [0.1, 0.15) is 17.5 Å². The summed E-state index contributed by atoms with van der Waals surface area (Å²) < 4.78 is 28.7. The molecule has 1 amide bonds. The Bertz CT molecular complexity index is 1110. The van der Waals surface area contributed by atoms with Gasteiger partial charge in [-0.2, -0.15) is 0 Å². The van der Waals surface area contributed by atoms with Gasteiger partial charge >= 0.3 is 6.09 Å². The smallest absolute Gasteiger partial charge is 0.404 e. The normalized spacial score (nSPS) is 12.1. The van der Waals surface area contributed by atoms with Gasteiger partial charge in [0.15, 0.2) is 0 Å². The number of nitrogens with one attached hydrogen (secondary N) is 1. The van der Waals surface area contributed by atoms with Crippen molar-refractivity contribution in [1.29, 1.82) is 0 Å². The van der Waals surface area contributed by atoms with E-state index in [4.69, 9.17) is 16.7 Å². The summed E-state index contributed by atoms with van der Waals surface area (Å²) in [5.41, 5.74) is -0.146. The predicted molar refractivity (Wildman–Crippen MR) is 106 cm³/mol. The van der Waals surface area contributed by atoms with E-state index in [0.29, 0.717) is 17.8 Å². The Balaban J connectivity index is 2.10. The van der Waals surface area contributed by atoms with E-state index in [1.54, 1.807) is 18.2 Å². The highest BCUT2D eigenvalue weighted by atomic mass is 35.5. The van der Waals surface area contributed by atoms with Crippen LogP contribution in [0.2, 0.25) is 5.02 Å². The molecule has 29 heavy (non-hydrogen) atoms. The third-order valence-electron chi connectivity index (χ3n) is 4.48. The third kappa shape index (κ3) is 4.71. The highest BCUT2D eigenvalue weighted by Gasteiger charge is 2.17. The summed E-state index contributed by atoms with van der Waals surface area (Å²) in [5, 5.41) is 11.4. The second-order valence-electron chi connectivity index (χ2n) is 6.76. The minimum atomic E-state index is -1.12. The van der Waals surface area contributed by atoms with E-state index >= 15 is 0 Å². The Morgan fingerprint density at radius 2 is 1.97 bits per heavy atom. The second kappa shape index (κ2) is 8.57. The first-order chi connectivity index (χ1) is 13.8. The molecule has 1 unspecified atom stereocenters. The van der Waals surface area contributed by atoms with Gasteiger partial charge in [-0.15, -0.1) is 0 Å². The quantitative estimate of drug-likeness (QED) is 0.626. The van der Waals surface area contributed by atoms with Crippen LogP contribution in [0.1, 0.15) is 19.2 Å². The van der Waals surface area contributed by atoms with Crippen molar-refractivity contribution in [2.24, 2.45) is 5.92 Å². The molecule has 2 N–H and O–H groups in total. The molecule has 0 saturated heterocycles. The average Bonchev–Trinajstić information content (AvgIpc) is 2.63. The Hall–Kier alpha value is -3.00. The first kappa shape index (κ1) is 20.7. The van der Waals surface area contributed by atoms with E-state index in [1.165, 1.54) is 0 Å². The van der Waals surface area contributed by atoms with Crippen LogP contribution in [-0.4, -0.2) is 27.3 Å². The number of hydrogen-bond acceptors (Lipinski definition) is 3. The van der Waals surface area contributed by atoms with Crippen molar-refractivity contribution in [2.45, 2.75) is 19.8 Å². The zero-order valence-electron chi connectivity index (χ0n) is 15.5. The van der Waals surface area contributed by atoms with E-state index in [1.807, 2.05) is 6.92 Å². The van der Waals surface area contributed by atoms with Gasteiger partial charge in [-0.3, -0.25) is 9.36 Å². The molecule has 1 aromatic heterocycles. The zero-order valence-corrected chi connectivity index (χ0v) is 16.2. The molecule has 9 heteroatoms. The first-order valence-corrected chi connectivity index (χ1v) is 9.27. The number of nitrogens with zero attached hydrogens (tertiary/aromatic N) is 2. The molecule has 0 aliphatic rings. The maximum absolute atomic E-state index is 13.8. The third-order valence-corrected chi connectivity index (χ3v) is 4.80. The maximum atomic E-state index is 13.8. The molecule has 1 heterocycles. The van der Waals surface area contributed by atoms with Crippen molar-refractivity contribution < 1.29 is 18.7 Å². The molecule has 0 saturated carbocycles. The van der Waals surface area contributed by atoms with Gasteiger partial charge in [0.2, 0.25) is 0 Å². The number of carboxylic acid groups (broad SMARTS) is 1. The van der Waals surface area contributed by atoms with Crippen molar-refractivity contribution in [3.8, 4) is 5.69 Å². The number of aryl methyl sites for hydroxylation is 1. The highest BCUT2D eigenvalue weighted by Crippen LogP contribution is 2.22. The van der Waals surface area contributed by atoms with Gasteiger partial charge in [0, 0.05) is 19.0 Å². The van der Waals surface area contributed by atoms with Crippen LogP contribution in [0.5, 0.6) is 0 Å². The van der Waals surface area contributed by atoms with Crippen molar-refractivity contribution in [3.63, 3.8) is 0 Å². The van der Waals surface area contributed by atoms with Gasteiger partial charge in [-0.05, 0) is 36.6 Å². The van der Waals surface area contributed by atoms with Crippen molar-refractivity contribution in [1.82, 2.24) is 14.9 Å². The van der Waals surface area contributed by atoms with Gasteiger partial charge in [0.25, 0.3) is 5.56 Å². The monoisotopic (exact) mass is 421 g/mol. The molecule has 3 rings (SSSR count). The fourth-order valence-corrected chi connectivity index (χ4v) is 3.33. The van der Waals surface area contributed by atoms with E-state index in [-0.39, 0.29) is 35.0 Å². The van der Waals surface area contributed by atoms with Crippen molar-refractivity contribution in [3.05, 3.63) is 69.2 Å².